The van der Waals surface area contributed by atoms with E-state index in [4.69, 9.17) is 0 Å². The van der Waals surface area contributed by atoms with Crippen molar-refractivity contribution in [2.75, 3.05) is 26.2 Å². The van der Waals surface area contributed by atoms with Gasteiger partial charge in [-0.3, -0.25) is 10.00 Å². The summed E-state index contributed by atoms with van der Waals surface area (Å²) in [5, 5.41) is 8.09. The summed E-state index contributed by atoms with van der Waals surface area (Å²) in [5.74, 6) is -0.440. The Morgan fingerprint density at radius 2 is 1.85 bits per heavy atom. The van der Waals surface area contributed by atoms with Crippen LogP contribution in [0.3, 0.4) is 0 Å². The molecule has 0 bridgehead atoms. The summed E-state index contributed by atoms with van der Waals surface area (Å²) in [6, 6.07) is 11.2. The molecule has 3 aromatic rings. The van der Waals surface area contributed by atoms with E-state index in [1.165, 1.54) is 34.1 Å². The van der Waals surface area contributed by atoms with Crippen LogP contribution in [0, 0.1) is 5.82 Å². The quantitative estimate of drug-likeness (QED) is 0.746. The number of sulfonamides is 1. The molecule has 8 heteroatoms. The van der Waals surface area contributed by atoms with Gasteiger partial charge in [0.1, 0.15) is 5.82 Å². The molecule has 1 saturated heterocycles. The summed E-state index contributed by atoms with van der Waals surface area (Å²) < 4.78 is 40.2. The lowest BCUT2D eigenvalue weighted by molar-refractivity contribution is 0.279. The highest BCUT2D eigenvalue weighted by molar-refractivity contribution is 7.89. The Hall–Kier alpha value is -2.29. The molecule has 1 fully saturated rings. The molecule has 1 aromatic heterocycles. The van der Waals surface area contributed by atoms with Crippen LogP contribution in [0.1, 0.15) is 12.0 Å². The predicted octanol–water partition coefficient (Wildman–Crippen LogP) is 2.60. The zero-order chi connectivity index (χ0) is 18.9. The highest BCUT2D eigenvalue weighted by Crippen LogP contribution is 2.20. The number of aromatic amines is 1. The van der Waals surface area contributed by atoms with Gasteiger partial charge in [0.15, 0.2) is 0 Å². The maximum Gasteiger partial charge on any atom is 0.243 e. The minimum absolute atomic E-state index is 0.141. The SMILES string of the molecule is O=S(=O)(c1ccc(F)cc1)N1CCCN(Cc2ccc3cn[nH]c3c2)CC1. The first-order valence-corrected chi connectivity index (χ1v) is 10.4. The molecular weight excluding hydrogens is 367 g/mol. The van der Waals surface area contributed by atoms with Crippen LogP contribution in [-0.2, 0) is 16.6 Å². The maximum absolute atomic E-state index is 13.1. The van der Waals surface area contributed by atoms with Gasteiger partial charge in [0.05, 0.1) is 16.6 Å². The van der Waals surface area contributed by atoms with Crippen LogP contribution >= 0.6 is 0 Å². The minimum atomic E-state index is -3.59. The average Bonchev–Trinajstić information content (AvgIpc) is 2.99. The highest BCUT2D eigenvalue weighted by atomic mass is 32.2. The maximum atomic E-state index is 13.1. The van der Waals surface area contributed by atoms with E-state index >= 15 is 0 Å². The molecule has 1 aliphatic heterocycles. The normalized spacial score (nSPS) is 17.2. The molecule has 142 valence electrons. The third-order valence-corrected chi connectivity index (χ3v) is 6.82. The van der Waals surface area contributed by atoms with Gasteiger partial charge in [0.25, 0.3) is 0 Å². The third-order valence-electron chi connectivity index (χ3n) is 4.91. The molecule has 0 amide bonds. The van der Waals surface area contributed by atoms with Gasteiger partial charge in [-0.2, -0.15) is 9.40 Å². The number of fused-ring (bicyclic) bond motifs is 1. The standard InChI is InChI=1S/C19H21FN4O2S/c20-17-4-6-18(7-5-17)27(25,26)24-9-1-8-23(10-11-24)14-15-2-3-16-13-21-22-19(16)12-15/h2-7,12-13H,1,8-11,14H2,(H,21,22). The van der Waals surface area contributed by atoms with Crippen LogP contribution in [0.5, 0.6) is 0 Å². The van der Waals surface area contributed by atoms with Crippen molar-refractivity contribution >= 4 is 20.9 Å². The molecule has 4 rings (SSSR count). The summed E-state index contributed by atoms with van der Waals surface area (Å²) in [6.45, 7) is 3.14. The minimum Gasteiger partial charge on any atom is -0.298 e. The highest BCUT2D eigenvalue weighted by Gasteiger charge is 2.26. The summed E-state index contributed by atoms with van der Waals surface area (Å²) in [5.41, 5.74) is 2.17. The predicted molar refractivity (Wildman–Crippen MR) is 101 cm³/mol. The Kier molecular flexibility index (Phi) is 4.94. The molecular formula is C19H21FN4O2S. The Bertz CT molecular complexity index is 1030. The number of nitrogens with zero attached hydrogens (tertiary/aromatic N) is 3. The molecule has 2 heterocycles. The summed E-state index contributed by atoms with van der Waals surface area (Å²) >= 11 is 0. The lowest BCUT2D eigenvalue weighted by atomic mass is 10.1. The lowest BCUT2D eigenvalue weighted by Gasteiger charge is -2.22. The topological polar surface area (TPSA) is 69.3 Å². The number of hydrogen-bond acceptors (Lipinski definition) is 4. The Balaban J connectivity index is 1.44. The first-order valence-electron chi connectivity index (χ1n) is 8.92. The summed E-state index contributed by atoms with van der Waals surface area (Å²) in [6.07, 6.45) is 2.55. The molecule has 6 nitrogen and oxygen atoms in total. The van der Waals surface area contributed by atoms with Crippen molar-refractivity contribution in [3.8, 4) is 0 Å². The van der Waals surface area contributed by atoms with E-state index in [0.717, 1.165) is 30.4 Å². The van der Waals surface area contributed by atoms with E-state index in [9.17, 15) is 12.8 Å². The number of rotatable bonds is 4. The number of H-pyrrole nitrogens is 1. The van der Waals surface area contributed by atoms with Crippen LogP contribution in [-0.4, -0.2) is 54.0 Å². The second-order valence-electron chi connectivity index (χ2n) is 6.78. The van der Waals surface area contributed by atoms with E-state index in [-0.39, 0.29) is 4.90 Å². The Labute approximate surface area is 157 Å². The van der Waals surface area contributed by atoms with Gasteiger partial charge >= 0.3 is 0 Å². The number of halogens is 1. The van der Waals surface area contributed by atoms with Crippen molar-refractivity contribution in [2.45, 2.75) is 17.9 Å². The fourth-order valence-corrected chi connectivity index (χ4v) is 4.91. The Morgan fingerprint density at radius 1 is 1.04 bits per heavy atom. The van der Waals surface area contributed by atoms with Crippen molar-refractivity contribution in [1.82, 2.24) is 19.4 Å². The second kappa shape index (κ2) is 7.38. The lowest BCUT2D eigenvalue weighted by Crippen LogP contribution is -2.35. The third kappa shape index (κ3) is 3.87. The first-order chi connectivity index (χ1) is 13.0. The summed E-state index contributed by atoms with van der Waals surface area (Å²) in [7, 11) is -3.59. The number of nitrogens with one attached hydrogen (secondary N) is 1. The Morgan fingerprint density at radius 3 is 2.67 bits per heavy atom. The zero-order valence-electron chi connectivity index (χ0n) is 14.8. The number of aromatic nitrogens is 2. The van der Waals surface area contributed by atoms with Gasteiger partial charge in [0.2, 0.25) is 10.0 Å². The smallest absolute Gasteiger partial charge is 0.243 e. The largest absolute Gasteiger partial charge is 0.298 e. The van der Waals surface area contributed by atoms with Crippen molar-refractivity contribution in [3.63, 3.8) is 0 Å². The van der Waals surface area contributed by atoms with Gasteiger partial charge in [-0.05, 0) is 48.9 Å². The van der Waals surface area contributed by atoms with Gasteiger partial charge in [-0.15, -0.1) is 0 Å². The molecule has 0 spiro atoms. The van der Waals surface area contributed by atoms with Gasteiger partial charge in [-0.25, -0.2) is 12.8 Å². The average molecular weight is 388 g/mol. The fourth-order valence-electron chi connectivity index (χ4n) is 3.44. The van der Waals surface area contributed by atoms with Gasteiger partial charge in [0, 0.05) is 31.6 Å². The van der Waals surface area contributed by atoms with Crippen molar-refractivity contribution in [2.24, 2.45) is 0 Å². The molecule has 0 aliphatic carbocycles. The van der Waals surface area contributed by atoms with E-state index in [1.54, 1.807) is 6.20 Å². The zero-order valence-corrected chi connectivity index (χ0v) is 15.6. The summed E-state index contributed by atoms with van der Waals surface area (Å²) in [4.78, 5) is 2.40. The van der Waals surface area contributed by atoms with Gasteiger partial charge < -0.3 is 0 Å². The molecule has 2 aromatic carbocycles. The van der Waals surface area contributed by atoms with Crippen LogP contribution in [0.2, 0.25) is 0 Å². The number of hydrogen-bond donors (Lipinski definition) is 1. The fraction of sp³-hybridized carbons (Fsp3) is 0.316. The molecule has 0 saturated carbocycles. The first kappa shape index (κ1) is 18.1. The van der Waals surface area contributed by atoms with E-state index in [0.29, 0.717) is 19.6 Å². The van der Waals surface area contributed by atoms with Crippen LogP contribution in [0.25, 0.3) is 10.9 Å². The molecule has 0 atom stereocenters. The molecule has 27 heavy (non-hydrogen) atoms. The van der Waals surface area contributed by atoms with E-state index < -0.39 is 15.8 Å². The van der Waals surface area contributed by atoms with Crippen molar-refractivity contribution < 1.29 is 12.8 Å². The van der Waals surface area contributed by atoms with Crippen LogP contribution < -0.4 is 0 Å². The molecule has 1 N–H and O–H groups in total. The monoisotopic (exact) mass is 388 g/mol. The van der Waals surface area contributed by atoms with Crippen molar-refractivity contribution in [3.05, 3.63) is 60.0 Å². The van der Waals surface area contributed by atoms with Crippen LogP contribution in [0.15, 0.2) is 53.6 Å². The van der Waals surface area contributed by atoms with Gasteiger partial charge in [-0.1, -0.05) is 12.1 Å². The second-order valence-corrected chi connectivity index (χ2v) is 8.72. The molecule has 1 aliphatic rings. The number of benzene rings is 2. The molecule has 0 unspecified atom stereocenters. The van der Waals surface area contributed by atoms with Crippen molar-refractivity contribution in [1.29, 1.82) is 0 Å². The molecule has 0 radical (unpaired) electrons. The van der Waals surface area contributed by atoms with Crippen LogP contribution in [0.4, 0.5) is 4.39 Å². The van der Waals surface area contributed by atoms with E-state index in [2.05, 4.69) is 27.2 Å². The van der Waals surface area contributed by atoms with E-state index in [1.807, 2.05) is 6.07 Å².